The molecule has 0 bridgehead atoms. The van der Waals surface area contributed by atoms with Crippen LogP contribution in [-0.2, 0) is 6.42 Å². The Bertz CT molecular complexity index is 460. The molecule has 1 heterocycles. The van der Waals surface area contributed by atoms with Gasteiger partial charge in [0.1, 0.15) is 0 Å². The molecule has 1 fully saturated rings. The molecule has 1 aliphatic heterocycles. The van der Waals surface area contributed by atoms with Gasteiger partial charge in [0.05, 0.1) is 0 Å². The molecule has 0 aromatic heterocycles. The van der Waals surface area contributed by atoms with E-state index in [9.17, 15) is 0 Å². The highest BCUT2D eigenvalue weighted by molar-refractivity contribution is 5.44. The van der Waals surface area contributed by atoms with Crippen LogP contribution >= 0.6 is 0 Å². The summed E-state index contributed by atoms with van der Waals surface area (Å²) in [5, 5.41) is 7.36. The van der Waals surface area contributed by atoms with E-state index in [4.69, 9.17) is 0 Å². The van der Waals surface area contributed by atoms with Gasteiger partial charge in [-0.15, -0.1) is 0 Å². The van der Waals surface area contributed by atoms with E-state index in [1.807, 2.05) is 0 Å². The van der Waals surface area contributed by atoms with Crippen LogP contribution in [0.2, 0.25) is 0 Å². The molecule has 2 N–H and O–H groups in total. The maximum absolute atomic E-state index is 3.69. The monoisotopic (exact) mass is 266 g/mol. The van der Waals surface area contributed by atoms with Gasteiger partial charge in [-0.05, 0) is 43.5 Å². The van der Waals surface area contributed by atoms with Crippen LogP contribution in [0.1, 0.15) is 18.4 Å². The Morgan fingerprint density at radius 3 is 2.40 bits per heavy atom. The number of nitrogens with one attached hydrogen (secondary N) is 2. The third kappa shape index (κ3) is 3.40. The van der Waals surface area contributed by atoms with E-state index in [0.717, 1.165) is 13.0 Å². The van der Waals surface area contributed by atoms with E-state index in [0.29, 0.717) is 12.1 Å². The first-order valence-electron chi connectivity index (χ1n) is 7.51. The standard InChI is InChI=1S/C18H22N2/c1-3-8-15(9-4-1)14-18-17(12-7-13-19-18)20-16-10-5-2-6-11-16/h1-6,8-11,17-20H,7,12-14H2/t17-,18-/m0/s1. The summed E-state index contributed by atoms with van der Waals surface area (Å²) in [5.74, 6) is 0. The molecule has 104 valence electrons. The topological polar surface area (TPSA) is 24.1 Å². The first-order chi connectivity index (χ1) is 9.92. The normalized spacial score (nSPS) is 22.4. The van der Waals surface area contributed by atoms with Crippen LogP contribution in [0.3, 0.4) is 0 Å². The molecule has 0 saturated carbocycles. The number of anilines is 1. The Hall–Kier alpha value is -1.80. The summed E-state index contributed by atoms with van der Waals surface area (Å²) in [6.07, 6.45) is 3.57. The molecule has 20 heavy (non-hydrogen) atoms. The van der Waals surface area contributed by atoms with Crippen molar-refractivity contribution in [2.45, 2.75) is 31.3 Å². The smallest absolute Gasteiger partial charge is 0.0418 e. The van der Waals surface area contributed by atoms with Crippen molar-refractivity contribution in [1.29, 1.82) is 0 Å². The van der Waals surface area contributed by atoms with Gasteiger partial charge in [-0.25, -0.2) is 0 Å². The molecular weight excluding hydrogens is 244 g/mol. The molecule has 1 saturated heterocycles. The zero-order chi connectivity index (χ0) is 13.6. The summed E-state index contributed by atoms with van der Waals surface area (Å²) in [6, 6.07) is 22.3. The van der Waals surface area contributed by atoms with Gasteiger partial charge in [-0.2, -0.15) is 0 Å². The lowest BCUT2D eigenvalue weighted by molar-refractivity contribution is 0.366. The molecule has 2 heteroatoms. The van der Waals surface area contributed by atoms with Crippen molar-refractivity contribution < 1.29 is 0 Å². The van der Waals surface area contributed by atoms with Crippen molar-refractivity contribution in [2.75, 3.05) is 11.9 Å². The largest absolute Gasteiger partial charge is 0.381 e. The van der Waals surface area contributed by atoms with Crippen molar-refractivity contribution in [1.82, 2.24) is 5.32 Å². The van der Waals surface area contributed by atoms with Crippen molar-refractivity contribution in [3.63, 3.8) is 0 Å². The lowest BCUT2D eigenvalue weighted by Crippen LogP contribution is -2.49. The second-order valence-corrected chi connectivity index (χ2v) is 5.51. The summed E-state index contributed by atoms with van der Waals surface area (Å²) in [5.41, 5.74) is 2.63. The second kappa shape index (κ2) is 6.58. The van der Waals surface area contributed by atoms with Crippen LogP contribution in [0.25, 0.3) is 0 Å². The van der Waals surface area contributed by atoms with E-state index in [-0.39, 0.29) is 0 Å². The molecule has 0 aliphatic carbocycles. The first-order valence-corrected chi connectivity index (χ1v) is 7.51. The third-order valence-electron chi connectivity index (χ3n) is 4.01. The molecule has 2 aromatic rings. The summed E-state index contributed by atoms with van der Waals surface area (Å²) in [6.45, 7) is 1.13. The van der Waals surface area contributed by atoms with E-state index < -0.39 is 0 Å². The molecule has 0 amide bonds. The highest BCUT2D eigenvalue weighted by atomic mass is 15.0. The lowest BCUT2D eigenvalue weighted by atomic mass is 9.92. The van der Waals surface area contributed by atoms with Crippen LogP contribution in [-0.4, -0.2) is 18.6 Å². The molecule has 0 spiro atoms. The van der Waals surface area contributed by atoms with Crippen LogP contribution < -0.4 is 10.6 Å². The molecular formula is C18H22N2. The molecule has 3 rings (SSSR count). The third-order valence-corrected chi connectivity index (χ3v) is 4.01. The van der Waals surface area contributed by atoms with Crippen LogP contribution in [0, 0.1) is 0 Å². The van der Waals surface area contributed by atoms with Gasteiger partial charge in [-0.1, -0.05) is 48.5 Å². The Labute approximate surface area is 121 Å². The van der Waals surface area contributed by atoms with E-state index >= 15 is 0 Å². The van der Waals surface area contributed by atoms with Gasteiger partial charge >= 0.3 is 0 Å². The van der Waals surface area contributed by atoms with Crippen molar-refractivity contribution >= 4 is 5.69 Å². The van der Waals surface area contributed by atoms with E-state index in [1.165, 1.54) is 24.1 Å². The van der Waals surface area contributed by atoms with Crippen LogP contribution in [0.4, 0.5) is 5.69 Å². The minimum absolute atomic E-state index is 0.506. The summed E-state index contributed by atoms with van der Waals surface area (Å²) < 4.78 is 0. The molecule has 2 nitrogen and oxygen atoms in total. The van der Waals surface area contributed by atoms with Crippen molar-refractivity contribution in [3.05, 3.63) is 66.2 Å². The average Bonchev–Trinajstić information content (AvgIpc) is 2.51. The fourth-order valence-electron chi connectivity index (χ4n) is 2.96. The van der Waals surface area contributed by atoms with Crippen molar-refractivity contribution in [2.24, 2.45) is 0 Å². The maximum Gasteiger partial charge on any atom is 0.0418 e. The number of benzene rings is 2. The van der Waals surface area contributed by atoms with Crippen molar-refractivity contribution in [3.8, 4) is 0 Å². The second-order valence-electron chi connectivity index (χ2n) is 5.51. The number of rotatable bonds is 4. The molecule has 0 unspecified atom stereocenters. The Kier molecular flexibility index (Phi) is 4.34. The van der Waals surface area contributed by atoms with Crippen LogP contribution in [0.15, 0.2) is 60.7 Å². The zero-order valence-corrected chi connectivity index (χ0v) is 11.8. The van der Waals surface area contributed by atoms with Crippen LogP contribution in [0.5, 0.6) is 0 Å². The predicted octanol–water partition coefficient (Wildman–Crippen LogP) is 3.46. The fourth-order valence-corrected chi connectivity index (χ4v) is 2.96. The number of hydrogen-bond donors (Lipinski definition) is 2. The van der Waals surface area contributed by atoms with Gasteiger partial charge in [0, 0.05) is 17.8 Å². The fraction of sp³-hybridized carbons (Fsp3) is 0.333. The highest BCUT2D eigenvalue weighted by Crippen LogP contribution is 2.18. The molecule has 2 aromatic carbocycles. The minimum Gasteiger partial charge on any atom is -0.381 e. The SMILES string of the molecule is c1ccc(C[C@@H]2NCCC[C@@H]2Nc2ccccc2)cc1. The highest BCUT2D eigenvalue weighted by Gasteiger charge is 2.24. The van der Waals surface area contributed by atoms with Gasteiger partial charge in [-0.3, -0.25) is 0 Å². The van der Waals surface area contributed by atoms with Gasteiger partial charge in [0.15, 0.2) is 0 Å². The van der Waals surface area contributed by atoms with Gasteiger partial charge in [0.2, 0.25) is 0 Å². The number of piperidine rings is 1. The molecule has 1 aliphatic rings. The number of para-hydroxylation sites is 1. The van der Waals surface area contributed by atoms with Gasteiger partial charge in [0.25, 0.3) is 0 Å². The first kappa shape index (κ1) is 13.2. The molecule has 2 atom stereocenters. The Morgan fingerprint density at radius 1 is 0.950 bits per heavy atom. The summed E-state index contributed by atoms with van der Waals surface area (Å²) in [4.78, 5) is 0. The zero-order valence-electron chi connectivity index (χ0n) is 11.8. The lowest BCUT2D eigenvalue weighted by Gasteiger charge is -2.34. The summed E-state index contributed by atoms with van der Waals surface area (Å²) in [7, 11) is 0. The minimum atomic E-state index is 0.506. The molecule has 0 radical (unpaired) electrons. The maximum atomic E-state index is 3.69. The predicted molar refractivity (Wildman–Crippen MR) is 85.0 cm³/mol. The van der Waals surface area contributed by atoms with E-state index in [2.05, 4.69) is 71.3 Å². The Morgan fingerprint density at radius 2 is 1.65 bits per heavy atom. The number of hydrogen-bond acceptors (Lipinski definition) is 2. The van der Waals surface area contributed by atoms with E-state index in [1.54, 1.807) is 0 Å². The Balaban J connectivity index is 1.68. The summed E-state index contributed by atoms with van der Waals surface area (Å²) >= 11 is 0. The van der Waals surface area contributed by atoms with Gasteiger partial charge < -0.3 is 10.6 Å². The quantitative estimate of drug-likeness (QED) is 0.885. The average molecular weight is 266 g/mol.